The van der Waals surface area contributed by atoms with Crippen LogP contribution in [0.3, 0.4) is 0 Å². The van der Waals surface area contributed by atoms with Gasteiger partial charge in [-0.15, -0.1) is 0 Å². The molecule has 30 heavy (non-hydrogen) atoms. The summed E-state index contributed by atoms with van der Waals surface area (Å²) >= 11 is 0. The Morgan fingerprint density at radius 1 is 1.13 bits per heavy atom. The Hall–Kier alpha value is -2.74. The van der Waals surface area contributed by atoms with E-state index in [9.17, 15) is 9.59 Å². The number of pyridine rings is 1. The fraction of sp³-hybridized carbons (Fsp3) is 0.545. The molecule has 5 rings (SSSR count). The van der Waals surface area contributed by atoms with Gasteiger partial charge in [0.25, 0.3) is 11.5 Å². The molecule has 2 bridgehead atoms. The van der Waals surface area contributed by atoms with E-state index in [2.05, 4.69) is 20.9 Å². The lowest BCUT2D eigenvalue weighted by molar-refractivity contribution is 0.0587. The van der Waals surface area contributed by atoms with Crippen molar-refractivity contribution < 1.29 is 9.53 Å². The van der Waals surface area contributed by atoms with Crippen LogP contribution in [0.4, 0.5) is 0 Å². The number of hydrogen-bond donors (Lipinski definition) is 0. The largest absolute Gasteiger partial charge is 0.480 e. The predicted octanol–water partition coefficient (Wildman–Crippen LogP) is 1.50. The van der Waals surface area contributed by atoms with Gasteiger partial charge in [0.1, 0.15) is 5.69 Å². The smallest absolute Gasteiger partial charge is 0.274 e. The summed E-state index contributed by atoms with van der Waals surface area (Å²) in [5.41, 5.74) is 2.42. The van der Waals surface area contributed by atoms with Crippen LogP contribution in [0.15, 0.2) is 29.3 Å². The third-order valence-corrected chi connectivity index (χ3v) is 6.62. The minimum Gasteiger partial charge on any atom is -0.480 e. The maximum absolute atomic E-state index is 13.2. The highest BCUT2D eigenvalue weighted by Crippen LogP contribution is 2.35. The molecule has 158 valence electrons. The molecule has 8 heteroatoms. The summed E-state index contributed by atoms with van der Waals surface area (Å²) in [5, 5.41) is 0. The van der Waals surface area contributed by atoms with E-state index in [1.807, 2.05) is 15.5 Å². The minimum atomic E-state index is -0.110. The monoisotopic (exact) mass is 409 g/mol. The van der Waals surface area contributed by atoms with Crippen molar-refractivity contribution in [3.63, 3.8) is 0 Å². The van der Waals surface area contributed by atoms with Crippen LogP contribution in [0, 0.1) is 5.92 Å². The van der Waals surface area contributed by atoms with Gasteiger partial charge in [-0.3, -0.25) is 14.5 Å². The van der Waals surface area contributed by atoms with Gasteiger partial charge in [-0.05, 0) is 44.3 Å². The van der Waals surface area contributed by atoms with E-state index in [0.29, 0.717) is 31.2 Å². The van der Waals surface area contributed by atoms with Crippen molar-refractivity contribution in [3.8, 4) is 5.88 Å². The molecule has 2 fully saturated rings. The van der Waals surface area contributed by atoms with Crippen molar-refractivity contribution in [1.29, 1.82) is 0 Å². The van der Waals surface area contributed by atoms with Gasteiger partial charge >= 0.3 is 0 Å². The number of methoxy groups -OCH3 is 1. The lowest BCUT2D eigenvalue weighted by Gasteiger charge is -2.42. The maximum atomic E-state index is 13.2. The van der Waals surface area contributed by atoms with Gasteiger partial charge in [0, 0.05) is 43.4 Å². The molecule has 2 aromatic heterocycles. The Bertz CT molecular complexity index is 997. The summed E-state index contributed by atoms with van der Waals surface area (Å²) in [6.07, 6.45) is 6.39. The van der Waals surface area contributed by atoms with Gasteiger partial charge in [-0.25, -0.2) is 9.97 Å². The zero-order valence-corrected chi connectivity index (χ0v) is 17.3. The highest BCUT2D eigenvalue weighted by Gasteiger charge is 2.37. The molecule has 0 N–H and O–H groups in total. The summed E-state index contributed by atoms with van der Waals surface area (Å²) in [6, 6.07) is 4.11. The predicted molar refractivity (Wildman–Crippen MR) is 111 cm³/mol. The summed E-state index contributed by atoms with van der Waals surface area (Å²) in [6.45, 7) is 4.83. The summed E-state index contributed by atoms with van der Waals surface area (Å²) in [7, 11) is 1.52. The molecule has 2 aromatic rings. The zero-order valence-electron chi connectivity index (χ0n) is 17.3. The highest BCUT2D eigenvalue weighted by atomic mass is 16.5. The number of aromatic nitrogens is 3. The average Bonchev–Trinajstić information content (AvgIpc) is 3.29. The number of carbonyl (C=O) groups is 1. The van der Waals surface area contributed by atoms with Crippen molar-refractivity contribution in [1.82, 2.24) is 24.3 Å². The van der Waals surface area contributed by atoms with Crippen LogP contribution in [-0.2, 0) is 13.1 Å². The number of likely N-dealkylation sites (tertiary alicyclic amines) is 2. The number of hydrogen-bond acceptors (Lipinski definition) is 6. The number of carbonyl (C=O) groups excluding carboxylic acids is 1. The summed E-state index contributed by atoms with van der Waals surface area (Å²) < 4.78 is 6.99. The molecule has 0 saturated carbocycles. The van der Waals surface area contributed by atoms with Crippen molar-refractivity contribution in [2.45, 2.75) is 38.3 Å². The standard InChI is InChI=1S/C22H27N5O3/c1-30-20-10-23-18(9-24-20)22(29)26-11-15-8-17(14-26)19-5-4-16(21(28)27(19)12-15)13-25-6-2-3-7-25/h4-5,9-10,15,17H,2-3,6-8,11-14H2,1H3/t15-,17+/m0/s1. The summed E-state index contributed by atoms with van der Waals surface area (Å²) in [5.74, 6) is 0.744. The van der Waals surface area contributed by atoms with Crippen molar-refractivity contribution in [2.75, 3.05) is 33.3 Å². The molecular formula is C22H27N5O3. The molecule has 0 spiro atoms. The SMILES string of the molecule is COc1cnc(C(=O)N2C[C@@H]3C[C@H](C2)c2ccc(CN4CCCC4)c(=O)n2C3)cn1. The second-order valence-corrected chi connectivity index (χ2v) is 8.64. The molecule has 1 amide bonds. The first-order chi connectivity index (χ1) is 14.6. The second-order valence-electron chi connectivity index (χ2n) is 8.64. The van der Waals surface area contributed by atoms with Crippen molar-refractivity contribution in [3.05, 3.63) is 51.8 Å². The lowest BCUT2D eigenvalue weighted by atomic mass is 9.83. The van der Waals surface area contributed by atoms with Crippen LogP contribution in [0.1, 0.15) is 46.9 Å². The minimum absolute atomic E-state index is 0.110. The topological polar surface area (TPSA) is 80.6 Å². The molecule has 0 aliphatic carbocycles. The molecule has 5 heterocycles. The van der Waals surface area contributed by atoms with E-state index in [0.717, 1.165) is 37.3 Å². The Kier molecular flexibility index (Phi) is 5.02. The van der Waals surface area contributed by atoms with Crippen molar-refractivity contribution >= 4 is 5.91 Å². The van der Waals surface area contributed by atoms with Gasteiger partial charge in [-0.1, -0.05) is 6.07 Å². The molecule has 0 radical (unpaired) electrons. The van der Waals surface area contributed by atoms with E-state index in [4.69, 9.17) is 4.74 Å². The van der Waals surface area contributed by atoms with Gasteiger partial charge < -0.3 is 14.2 Å². The fourth-order valence-corrected chi connectivity index (χ4v) is 5.15. The number of piperidine rings is 1. The number of nitrogens with zero attached hydrogens (tertiary/aromatic N) is 5. The first-order valence-corrected chi connectivity index (χ1v) is 10.7. The van der Waals surface area contributed by atoms with Crippen LogP contribution >= 0.6 is 0 Å². The molecule has 0 aromatic carbocycles. The average molecular weight is 409 g/mol. The van der Waals surface area contributed by atoms with Crippen LogP contribution in [-0.4, -0.2) is 63.5 Å². The normalized spacial score (nSPS) is 23.3. The Morgan fingerprint density at radius 3 is 2.70 bits per heavy atom. The maximum Gasteiger partial charge on any atom is 0.274 e. The fourth-order valence-electron chi connectivity index (χ4n) is 5.15. The van der Waals surface area contributed by atoms with E-state index in [1.54, 1.807) is 0 Å². The number of ether oxygens (including phenoxy) is 1. The summed E-state index contributed by atoms with van der Waals surface area (Å²) in [4.78, 5) is 38.6. The third kappa shape index (κ3) is 3.49. The van der Waals surface area contributed by atoms with E-state index < -0.39 is 0 Å². The van der Waals surface area contributed by atoms with Gasteiger partial charge in [0.15, 0.2) is 0 Å². The Labute approximate surface area is 175 Å². The molecule has 3 aliphatic rings. The van der Waals surface area contributed by atoms with E-state index >= 15 is 0 Å². The quantitative estimate of drug-likeness (QED) is 0.761. The highest BCUT2D eigenvalue weighted by molar-refractivity contribution is 5.92. The number of fused-ring (bicyclic) bond motifs is 4. The molecular weight excluding hydrogens is 382 g/mol. The molecule has 2 atom stereocenters. The van der Waals surface area contributed by atoms with Gasteiger partial charge in [0.2, 0.25) is 5.88 Å². The number of amides is 1. The van der Waals surface area contributed by atoms with Gasteiger partial charge in [0.05, 0.1) is 19.5 Å². The molecule has 3 aliphatic heterocycles. The third-order valence-electron chi connectivity index (χ3n) is 6.62. The molecule has 0 unspecified atom stereocenters. The van der Waals surface area contributed by atoms with Crippen LogP contribution in [0.25, 0.3) is 0 Å². The number of rotatable bonds is 4. The Balaban J connectivity index is 1.36. The lowest BCUT2D eigenvalue weighted by Crippen LogP contribution is -2.49. The van der Waals surface area contributed by atoms with Crippen LogP contribution in [0.2, 0.25) is 0 Å². The van der Waals surface area contributed by atoms with Crippen molar-refractivity contribution in [2.24, 2.45) is 5.92 Å². The second kappa shape index (κ2) is 7.83. The Morgan fingerprint density at radius 2 is 1.97 bits per heavy atom. The zero-order chi connectivity index (χ0) is 20.7. The van der Waals surface area contributed by atoms with Crippen LogP contribution in [0.5, 0.6) is 5.88 Å². The van der Waals surface area contributed by atoms with Crippen LogP contribution < -0.4 is 10.3 Å². The van der Waals surface area contributed by atoms with E-state index in [1.165, 1.54) is 32.3 Å². The van der Waals surface area contributed by atoms with E-state index in [-0.39, 0.29) is 23.3 Å². The molecule has 8 nitrogen and oxygen atoms in total. The first-order valence-electron chi connectivity index (χ1n) is 10.7. The first kappa shape index (κ1) is 19.2. The molecule has 2 saturated heterocycles. The van der Waals surface area contributed by atoms with Gasteiger partial charge in [-0.2, -0.15) is 0 Å².